The Balaban J connectivity index is 2.07. The number of ether oxygens (including phenoxy) is 1. The molecule has 0 aromatic heterocycles. The molecule has 1 heterocycles. The molecule has 24 heavy (non-hydrogen) atoms. The Morgan fingerprint density at radius 3 is 2.83 bits per heavy atom. The number of methoxy groups -OCH3 is 1. The van der Waals surface area contributed by atoms with Crippen molar-refractivity contribution in [3.8, 4) is 5.75 Å². The number of alkyl halides is 3. The molecule has 0 aliphatic carbocycles. The number of anilines is 1. The molecule has 5 nitrogen and oxygen atoms in total. The molecule has 0 unspecified atom stereocenters. The highest BCUT2D eigenvalue weighted by Gasteiger charge is 2.42. The molecule has 1 aliphatic heterocycles. The Labute approximate surface area is 138 Å². The second-order valence-corrected chi connectivity index (χ2v) is 5.90. The van der Waals surface area contributed by atoms with Gasteiger partial charge in [0.25, 0.3) is 0 Å². The van der Waals surface area contributed by atoms with Crippen LogP contribution in [0.4, 0.5) is 18.9 Å². The highest BCUT2D eigenvalue weighted by molar-refractivity contribution is 5.96. The minimum absolute atomic E-state index is 0.343. The topological polar surface area (TPSA) is 61.8 Å². The van der Waals surface area contributed by atoms with Crippen LogP contribution in [0.1, 0.15) is 18.4 Å². The number of rotatable bonds is 5. The Morgan fingerprint density at radius 2 is 2.21 bits per heavy atom. The van der Waals surface area contributed by atoms with Gasteiger partial charge in [-0.15, -0.1) is 0 Å². The van der Waals surface area contributed by atoms with Crippen LogP contribution in [0.3, 0.4) is 0 Å². The first kappa shape index (κ1) is 18.5. The number of β-amino-alcohol motifs (C(OH)–C–C–N with tert-alkyl or cyclic N) is 1. The summed E-state index contributed by atoms with van der Waals surface area (Å²) in [6.07, 6.45) is -6.10. The Kier molecular flexibility index (Phi) is 5.71. The van der Waals surface area contributed by atoms with Gasteiger partial charge in [-0.05, 0) is 44.0 Å². The highest BCUT2D eigenvalue weighted by atomic mass is 19.4. The Hall–Kier alpha value is -1.80. The fourth-order valence-electron chi connectivity index (χ4n) is 2.80. The Morgan fingerprint density at radius 1 is 1.50 bits per heavy atom. The SMILES string of the molecule is COc1ccc(C)cc1NC(=O)[C@H]1CCCN1C[C@@H](O)C(F)(F)F. The number of aliphatic hydroxyl groups is 1. The zero-order valence-electron chi connectivity index (χ0n) is 13.6. The lowest BCUT2D eigenvalue weighted by Gasteiger charge is -2.27. The van der Waals surface area contributed by atoms with Gasteiger partial charge in [0.05, 0.1) is 18.8 Å². The van der Waals surface area contributed by atoms with Crippen molar-refractivity contribution >= 4 is 11.6 Å². The molecular weight excluding hydrogens is 325 g/mol. The van der Waals surface area contributed by atoms with Crippen LogP contribution in [-0.4, -0.2) is 54.4 Å². The number of amides is 1. The maximum atomic E-state index is 12.5. The van der Waals surface area contributed by atoms with Crippen LogP contribution < -0.4 is 10.1 Å². The first-order valence-electron chi connectivity index (χ1n) is 7.66. The molecular formula is C16H21F3N2O3. The number of halogens is 3. The van der Waals surface area contributed by atoms with Gasteiger partial charge >= 0.3 is 6.18 Å². The van der Waals surface area contributed by atoms with Crippen molar-refractivity contribution in [3.05, 3.63) is 23.8 Å². The third kappa shape index (κ3) is 4.39. The normalized spacial score (nSPS) is 20.0. The fourth-order valence-corrected chi connectivity index (χ4v) is 2.80. The van der Waals surface area contributed by atoms with Crippen molar-refractivity contribution in [2.24, 2.45) is 0 Å². The summed E-state index contributed by atoms with van der Waals surface area (Å²) >= 11 is 0. The number of nitrogens with one attached hydrogen (secondary N) is 1. The van der Waals surface area contributed by atoms with Crippen molar-refractivity contribution in [1.29, 1.82) is 0 Å². The molecule has 1 aliphatic rings. The van der Waals surface area contributed by atoms with Crippen LogP contribution in [0.5, 0.6) is 5.75 Å². The van der Waals surface area contributed by atoms with Gasteiger partial charge < -0.3 is 15.2 Å². The van der Waals surface area contributed by atoms with Crippen LogP contribution in [0, 0.1) is 6.92 Å². The number of likely N-dealkylation sites (tertiary alicyclic amines) is 1. The largest absolute Gasteiger partial charge is 0.495 e. The molecule has 0 saturated carbocycles. The predicted molar refractivity (Wildman–Crippen MR) is 83.0 cm³/mol. The van der Waals surface area contributed by atoms with Crippen molar-refractivity contribution in [2.75, 3.05) is 25.5 Å². The number of aryl methyl sites for hydroxylation is 1. The first-order valence-corrected chi connectivity index (χ1v) is 7.66. The van der Waals surface area contributed by atoms with Crippen LogP contribution in [0.25, 0.3) is 0 Å². The summed E-state index contributed by atoms with van der Waals surface area (Å²) in [5, 5.41) is 12.0. The molecule has 1 fully saturated rings. The van der Waals surface area contributed by atoms with E-state index in [2.05, 4.69) is 5.32 Å². The van der Waals surface area contributed by atoms with Gasteiger partial charge in [-0.1, -0.05) is 6.07 Å². The summed E-state index contributed by atoms with van der Waals surface area (Å²) in [6, 6.07) is 4.58. The molecule has 8 heteroatoms. The second kappa shape index (κ2) is 7.40. The molecule has 1 aromatic rings. The van der Waals surface area contributed by atoms with Crippen molar-refractivity contribution < 1.29 is 27.8 Å². The van der Waals surface area contributed by atoms with Gasteiger partial charge in [0.1, 0.15) is 5.75 Å². The summed E-state index contributed by atoms with van der Waals surface area (Å²) in [5.41, 5.74) is 1.40. The molecule has 0 bridgehead atoms. The summed E-state index contributed by atoms with van der Waals surface area (Å²) in [4.78, 5) is 13.8. The summed E-state index contributed by atoms with van der Waals surface area (Å²) in [5.74, 6) is 0.0830. The van der Waals surface area contributed by atoms with Crippen molar-refractivity contribution in [1.82, 2.24) is 4.90 Å². The quantitative estimate of drug-likeness (QED) is 0.859. The Bertz CT molecular complexity index is 592. The smallest absolute Gasteiger partial charge is 0.415 e. The van der Waals surface area contributed by atoms with E-state index in [0.717, 1.165) is 5.56 Å². The molecule has 1 aromatic carbocycles. The number of hydrogen-bond acceptors (Lipinski definition) is 4. The summed E-state index contributed by atoms with van der Waals surface area (Å²) in [6.45, 7) is 1.60. The molecule has 2 rings (SSSR count). The molecule has 1 saturated heterocycles. The number of carbonyl (C=O) groups excluding carboxylic acids is 1. The number of benzene rings is 1. The van der Waals surface area contributed by atoms with Crippen LogP contribution in [-0.2, 0) is 4.79 Å². The van der Waals surface area contributed by atoms with Crippen molar-refractivity contribution in [3.63, 3.8) is 0 Å². The number of nitrogens with zero attached hydrogens (tertiary/aromatic N) is 1. The second-order valence-electron chi connectivity index (χ2n) is 5.90. The number of aliphatic hydroxyl groups excluding tert-OH is 1. The molecule has 0 radical (unpaired) electrons. The van der Waals surface area contributed by atoms with Gasteiger partial charge in [-0.25, -0.2) is 0 Å². The maximum Gasteiger partial charge on any atom is 0.415 e. The molecule has 1 amide bonds. The lowest BCUT2D eigenvalue weighted by atomic mass is 10.1. The molecule has 2 N–H and O–H groups in total. The summed E-state index contributed by atoms with van der Waals surface area (Å²) < 4.78 is 42.8. The lowest BCUT2D eigenvalue weighted by Crippen LogP contribution is -2.46. The zero-order valence-corrected chi connectivity index (χ0v) is 13.6. The predicted octanol–water partition coefficient (Wildman–Crippen LogP) is 2.33. The maximum absolute atomic E-state index is 12.5. The first-order chi connectivity index (χ1) is 11.2. The zero-order chi connectivity index (χ0) is 17.9. The highest BCUT2D eigenvalue weighted by Crippen LogP contribution is 2.28. The number of carbonyl (C=O) groups is 1. The van der Waals surface area contributed by atoms with E-state index in [1.165, 1.54) is 12.0 Å². The van der Waals surface area contributed by atoms with E-state index in [9.17, 15) is 23.1 Å². The van der Waals surface area contributed by atoms with E-state index < -0.39 is 30.8 Å². The van der Waals surface area contributed by atoms with Crippen molar-refractivity contribution in [2.45, 2.75) is 38.1 Å². The van der Waals surface area contributed by atoms with Crippen LogP contribution >= 0.6 is 0 Å². The third-order valence-electron chi connectivity index (χ3n) is 4.06. The van der Waals surface area contributed by atoms with E-state index in [1.807, 2.05) is 13.0 Å². The van der Waals surface area contributed by atoms with Gasteiger partial charge in [0, 0.05) is 6.54 Å². The van der Waals surface area contributed by atoms with Gasteiger partial charge in [0.15, 0.2) is 6.10 Å². The monoisotopic (exact) mass is 346 g/mol. The van der Waals surface area contributed by atoms with E-state index in [1.54, 1.807) is 12.1 Å². The standard InChI is InChI=1S/C16H21F3N2O3/c1-10-5-6-13(24-2)11(8-10)20-15(23)12-4-3-7-21(12)9-14(22)16(17,18)19/h5-6,8,12,14,22H,3-4,7,9H2,1-2H3,(H,20,23)/t12-,14-/m1/s1. The minimum Gasteiger partial charge on any atom is -0.495 e. The average Bonchev–Trinajstić information content (AvgIpc) is 2.94. The van der Waals surface area contributed by atoms with E-state index in [-0.39, 0.29) is 0 Å². The minimum atomic E-state index is -4.69. The molecule has 0 spiro atoms. The summed E-state index contributed by atoms with van der Waals surface area (Å²) in [7, 11) is 1.47. The van der Waals surface area contributed by atoms with E-state index >= 15 is 0 Å². The average molecular weight is 346 g/mol. The van der Waals surface area contributed by atoms with Crippen LogP contribution in [0.15, 0.2) is 18.2 Å². The van der Waals surface area contributed by atoms with Gasteiger partial charge in [-0.3, -0.25) is 9.69 Å². The van der Waals surface area contributed by atoms with Crippen LogP contribution in [0.2, 0.25) is 0 Å². The van der Waals surface area contributed by atoms with E-state index in [4.69, 9.17) is 4.74 Å². The third-order valence-corrected chi connectivity index (χ3v) is 4.06. The number of hydrogen-bond donors (Lipinski definition) is 2. The molecule has 134 valence electrons. The van der Waals surface area contributed by atoms with Gasteiger partial charge in [-0.2, -0.15) is 13.2 Å². The van der Waals surface area contributed by atoms with E-state index in [0.29, 0.717) is 30.8 Å². The fraction of sp³-hybridized carbons (Fsp3) is 0.562. The molecule has 2 atom stereocenters. The van der Waals surface area contributed by atoms with Gasteiger partial charge in [0.2, 0.25) is 5.91 Å². The lowest BCUT2D eigenvalue weighted by molar-refractivity contribution is -0.208.